The Kier molecular flexibility index (Phi) is 3.88. The van der Waals surface area contributed by atoms with E-state index in [0.717, 1.165) is 12.8 Å². The van der Waals surface area contributed by atoms with Gasteiger partial charge in [-0.3, -0.25) is 19.3 Å². The lowest BCUT2D eigenvalue weighted by Crippen LogP contribution is -2.49. The molecule has 0 spiro atoms. The minimum Gasteiger partial charge on any atom is -0.293 e. The van der Waals surface area contributed by atoms with Crippen LogP contribution in [0.25, 0.3) is 0 Å². The summed E-state index contributed by atoms with van der Waals surface area (Å²) in [6.07, 6.45) is 6.91. The monoisotopic (exact) mass is 336 g/mol. The molecule has 0 saturated carbocycles. The summed E-state index contributed by atoms with van der Waals surface area (Å²) in [5.74, 6) is -1.56. The van der Waals surface area contributed by atoms with Gasteiger partial charge in [0.2, 0.25) is 11.8 Å². The highest BCUT2D eigenvalue weighted by Crippen LogP contribution is 2.46. The molecule has 25 heavy (non-hydrogen) atoms. The van der Waals surface area contributed by atoms with Crippen LogP contribution in [0.5, 0.6) is 0 Å². The Morgan fingerprint density at radius 3 is 2.48 bits per heavy atom. The lowest BCUT2D eigenvalue weighted by atomic mass is 9.90. The van der Waals surface area contributed by atoms with Gasteiger partial charge in [0.1, 0.15) is 0 Å². The molecule has 128 valence electrons. The maximum absolute atomic E-state index is 13.0. The number of benzene rings is 1. The highest BCUT2D eigenvalue weighted by Gasteiger charge is 2.64. The molecule has 3 heterocycles. The number of carbonyl (C=O) groups excluding carboxylic acids is 3. The highest BCUT2D eigenvalue weighted by molar-refractivity contribution is 6.24. The smallest absolute Gasteiger partial charge is 0.239 e. The van der Waals surface area contributed by atoms with E-state index in [-0.39, 0.29) is 23.6 Å². The number of hydrogen-bond donors (Lipinski definition) is 0. The van der Waals surface area contributed by atoms with Crippen molar-refractivity contribution in [2.75, 3.05) is 11.4 Å². The van der Waals surface area contributed by atoms with E-state index in [1.54, 1.807) is 36.4 Å². The van der Waals surface area contributed by atoms with E-state index in [2.05, 4.69) is 6.58 Å². The number of hydrogen-bond acceptors (Lipinski definition) is 4. The summed E-state index contributed by atoms with van der Waals surface area (Å²) in [7, 11) is 0. The Bertz CT molecular complexity index is 770. The number of carbonyl (C=O) groups is 3. The largest absolute Gasteiger partial charge is 0.293 e. The Morgan fingerprint density at radius 2 is 1.76 bits per heavy atom. The standard InChI is InChI=1S/C20H20N2O3/c1-2-3-7-12-21-14-10-11-15(23)18(21)17-16(14)19(24)22(20(17)25)13-8-5-4-6-9-13/h2,4-6,8-11,14,16-18H,1,3,7,12H2. The summed E-state index contributed by atoms with van der Waals surface area (Å²) in [5, 5.41) is 0. The van der Waals surface area contributed by atoms with Crippen molar-refractivity contribution in [1.82, 2.24) is 4.90 Å². The van der Waals surface area contributed by atoms with Gasteiger partial charge in [-0.15, -0.1) is 6.58 Å². The zero-order valence-electron chi connectivity index (χ0n) is 13.9. The van der Waals surface area contributed by atoms with Crippen LogP contribution in [0.4, 0.5) is 5.69 Å². The second-order valence-corrected chi connectivity index (χ2v) is 6.76. The van der Waals surface area contributed by atoms with Crippen LogP contribution in [0.1, 0.15) is 12.8 Å². The molecule has 0 aromatic heterocycles. The van der Waals surface area contributed by atoms with E-state index in [0.29, 0.717) is 12.2 Å². The molecule has 1 aromatic carbocycles. The number of unbranched alkanes of at least 4 members (excludes halogenated alkanes) is 1. The third kappa shape index (κ3) is 2.30. The number of anilines is 1. The van der Waals surface area contributed by atoms with Crippen molar-refractivity contribution in [3.8, 4) is 0 Å². The predicted octanol–water partition coefficient (Wildman–Crippen LogP) is 1.95. The molecule has 2 saturated heterocycles. The first-order chi connectivity index (χ1) is 12.1. The van der Waals surface area contributed by atoms with E-state index in [1.807, 2.05) is 17.0 Å². The molecule has 2 fully saturated rings. The second kappa shape index (κ2) is 6.08. The van der Waals surface area contributed by atoms with E-state index in [1.165, 1.54) is 4.90 Å². The summed E-state index contributed by atoms with van der Waals surface area (Å²) >= 11 is 0. The molecule has 3 aliphatic heterocycles. The topological polar surface area (TPSA) is 57.7 Å². The van der Waals surface area contributed by atoms with Crippen LogP contribution in [-0.4, -0.2) is 41.1 Å². The average Bonchev–Trinajstić information content (AvgIpc) is 3.01. The first-order valence-corrected chi connectivity index (χ1v) is 8.66. The summed E-state index contributed by atoms with van der Waals surface area (Å²) in [6, 6.07) is 8.27. The van der Waals surface area contributed by atoms with Crippen LogP contribution in [0.15, 0.2) is 55.1 Å². The maximum atomic E-state index is 13.0. The molecule has 4 atom stereocenters. The summed E-state index contributed by atoms with van der Waals surface area (Å²) in [6.45, 7) is 4.41. The van der Waals surface area contributed by atoms with Crippen LogP contribution >= 0.6 is 0 Å². The number of nitrogens with zero attached hydrogens (tertiary/aromatic N) is 2. The predicted molar refractivity (Wildman–Crippen MR) is 93.8 cm³/mol. The van der Waals surface area contributed by atoms with Gasteiger partial charge in [0, 0.05) is 6.04 Å². The molecule has 1 aromatic rings. The molecule has 3 aliphatic rings. The number of imide groups is 1. The van der Waals surface area contributed by atoms with Crippen LogP contribution in [0, 0.1) is 11.8 Å². The van der Waals surface area contributed by atoms with Crippen LogP contribution in [0.2, 0.25) is 0 Å². The van der Waals surface area contributed by atoms with Crippen molar-refractivity contribution in [3.63, 3.8) is 0 Å². The zero-order valence-corrected chi connectivity index (χ0v) is 13.9. The van der Waals surface area contributed by atoms with Gasteiger partial charge < -0.3 is 0 Å². The number of rotatable bonds is 5. The third-order valence-electron chi connectivity index (χ3n) is 5.43. The van der Waals surface area contributed by atoms with Crippen LogP contribution < -0.4 is 4.90 Å². The van der Waals surface area contributed by atoms with Crippen molar-refractivity contribution in [2.24, 2.45) is 11.8 Å². The molecule has 4 rings (SSSR count). The molecule has 0 radical (unpaired) electrons. The van der Waals surface area contributed by atoms with Gasteiger partial charge in [-0.05, 0) is 37.6 Å². The molecule has 5 nitrogen and oxygen atoms in total. The van der Waals surface area contributed by atoms with Crippen molar-refractivity contribution < 1.29 is 14.4 Å². The number of allylic oxidation sites excluding steroid dienone is 1. The molecule has 0 aliphatic carbocycles. The van der Waals surface area contributed by atoms with Gasteiger partial charge in [-0.25, -0.2) is 4.90 Å². The highest BCUT2D eigenvalue weighted by atomic mass is 16.2. The molecule has 2 amide bonds. The Morgan fingerprint density at radius 1 is 1.04 bits per heavy atom. The first kappa shape index (κ1) is 16.0. The van der Waals surface area contributed by atoms with Crippen molar-refractivity contribution in [1.29, 1.82) is 0 Å². The molecule has 2 bridgehead atoms. The lowest BCUT2D eigenvalue weighted by molar-refractivity contribution is -0.128. The summed E-state index contributed by atoms with van der Waals surface area (Å²) in [5.41, 5.74) is 0.583. The first-order valence-electron chi connectivity index (χ1n) is 8.66. The zero-order chi connectivity index (χ0) is 17.6. The fourth-order valence-corrected chi connectivity index (χ4v) is 4.40. The van der Waals surface area contributed by atoms with Crippen molar-refractivity contribution in [2.45, 2.75) is 24.9 Å². The number of fused-ring (bicyclic) bond motifs is 5. The van der Waals surface area contributed by atoms with Crippen molar-refractivity contribution >= 4 is 23.3 Å². The number of para-hydroxylation sites is 1. The van der Waals surface area contributed by atoms with Gasteiger partial charge in [-0.1, -0.05) is 30.4 Å². The molecule has 0 N–H and O–H groups in total. The average molecular weight is 336 g/mol. The Balaban J connectivity index is 1.68. The normalized spacial score (nSPS) is 30.9. The lowest BCUT2D eigenvalue weighted by Gasteiger charge is -2.33. The minimum absolute atomic E-state index is 0.0709. The fraction of sp³-hybridized carbons (Fsp3) is 0.350. The SMILES string of the molecule is C=CCCCN1C2C=CC(=O)C1C1C(=O)N(c3ccccc3)C(=O)C12. The quantitative estimate of drug-likeness (QED) is 0.468. The molecule has 4 unspecified atom stereocenters. The molecular weight excluding hydrogens is 316 g/mol. The molecule has 5 heteroatoms. The van der Waals surface area contributed by atoms with E-state index >= 15 is 0 Å². The Labute approximate surface area is 146 Å². The van der Waals surface area contributed by atoms with Crippen LogP contribution in [0.3, 0.4) is 0 Å². The van der Waals surface area contributed by atoms with E-state index < -0.39 is 17.9 Å². The van der Waals surface area contributed by atoms with Gasteiger partial charge >= 0.3 is 0 Å². The Hall–Kier alpha value is -2.53. The number of amides is 2. The van der Waals surface area contributed by atoms with Gasteiger partial charge in [0.05, 0.1) is 23.6 Å². The van der Waals surface area contributed by atoms with E-state index in [9.17, 15) is 14.4 Å². The minimum atomic E-state index is -0.580. The van der Waals surface area contributed by atoms with Gasteiger partial charge in [-0.2, -0.15) is 0 Å². The number of ketones is 1. The van der Waals surface area contributed by atoms with Crippen molar-refractivity contribution in [3.05, 3.63) is 55.1 Å². The van der Waals surface area contributed by atoms with Gasteiger partial charge in [0.15, 0.2) is 5.78 Å². The third-order valence-corrected chi connectivity index (χ3v) is 5.43. The fourth-order valence-electron chi connectivity index (χ4n) is 4.40. The summed E-state index contributed by atoms with van der Waals surface area (Å²) < 4.78 is 0. The van der Waals surface area contributed by atoms with E-state index in [4.69, 9.17) is 0 Å². The second-order valence-electron chi connectivity index (χ2n) is 6.76. The van der Waals surface area contributed by atoms with Crippen LogP contribution in [-0.2, 0) is 14.4 Å². The molecular formula is C20H20N2O3. The summed E-state index contributed by atoms with van der Waals surface area (Å²) in [4.78, 5) is 41.9. The maximum Gasteiger partial charge on any atom is 0.239 e. The van der Waals surface area contributed by atoms with Gasteiger partial charge in [0.25, 0.3) is 0 Å².